The van der Waals surface area contributed by atoms with Crippen LogP contribution in [0.5, 0.6) is 0 Å². The first kappa shape index (κ1) is 25.0. The summed E-state index contributed by atoms with van der Waals surface area (Å²) in [5, 5.41) is 12.0. The highest BCUT2D eigenvalue weighted by Crippen LogP contribution is 2.44. The lowest BCUT2D eigenvalue weighted by atomic mass is 9.95. The molecule has 1 aliphatic rings. The number of nitrogens with zero attached hydrogens (tertiary/aromatic N) is 6. The fourth-order valence-corrected chi connectivity index (χ4v) is 6.08. The van der Waals surface area contributed by atoms with Crippen molar-refractivity contribution in [2.24, 2.45) is 7.05 Å². The van der Waals surface area contributed by atoms with Gasteiger partial charge in [-0.3, -0.25) is 4.79 Å². The first-order chi connectivity index (χ1) is 19.0. The highest BCUT2D eigenvalue weighted by molar-refractivity contribution is 7.19. The van der Waals surface area contributed by atoms with Crippen LogP contribution in [0.4, 0.5) is 10.9 Å². The Labute approximate surface area is 231 Å². The van der Waals surface area contributed by atoms with Crippen molar-refractivity contribution in [3.05, 3.63) is 77.6 Å². The van der Waals surface area contributed by atoms with Crippen molar-refractivity contribution in [2.75, 3.05) is 17.2 Å². The summed E-state index contributed by atoms with van der Waals surface area (Å²) in [6, 6.07) is 12.3. The maximum Gasteiger partial charge on any atom is 0.226 e. The van der Waals surface area contributed by atoms with Crippen LogP contribution >= 0.6 is 11.3 Å². The van der Waals surface area contributed by atoms with Crippen LogP contribution in [0, 0.1) is 6.92 Å². The Hall–Kier alpha value is -4.31. The quantitative estimate of drug-likeness (QED) is 0.282. The SMILES string of the molecule is CCNc1ccc(-c2nn(-c3ccccc3C)c3c2CCc2nc(NC(=O)CCc4nccn4C)sc2-3)cn1. The van der Waals surface area contributed by atoms with Crippen LogP contribution in [0.2, 0.25) is 0 Å². The van der Waals surface area contributed by atoms with Gasteiger partial charge >= 0.3 is 0 Å². The summed E-state index contributed by atoms with van der Waals surface area (Å²) in [6.45, 7) is 4.97. The fraction of sp³-hybridized carbons (Fsp3) is 0.276. The maximum absolute atomic E-state index is 12.8. The van der Waals surface area contributed by atoms with E-state index in [1.54, 1.807) is 6.20 Å². The van der Waals surface area contributed by atoms with E-state index in [2.05, 4.69) is 52.6 Å². The Morgan fingerprint density at radius 2 is 2.00 bits per heavy atom. The molecule has 0 saturated heterocycles. The molecule has 6 rings (SSSR count). The van der Waals surface area contributed by atoms with Gasteiger partial charge in [0.25, 0.3) is 0 Å². The second-order valence-electron chi connectivity index (χ2n) is 9.63. The predicted molar refractivity (Wildman–Crippen MR) is 154 cm³/mol. The van der Waals surface area contributed by atoms with Crippen LogP contribution in [0.15, 0.2) is 55.0 Å². The molecule has 1 aromatic carbocycles. The monoisotopic (exact) mass is 538 g/mol. The number of hydrogen-bond acceptors (Lipinski definition) is 7. The lowest BCUT2D eigenvalue weighted by molar-refractivity contribution is -0.116. The number of imidazole rings is 1. The number of amides is 1. The molecule has 0 atom stereocenters. The molecule has 0 saturated carbocycles. The second-order valence-corrected chi connectivity index (χ2v) is 10.6. The Morgan fingerprint density at radius 1 is 1.13 bits per heavy atom. The summed E-state index contributed by atoms with van der Waals surface area (Å²) in [5.41, 5.74) is 7.30. The standard InChI is InChI=1S/C29H30N8OS/c1-4-30-23-12-9-19(17-32-23)26-20-10-11-21-28(27(20)37(35-26)22-8-6-5-7-18(22)2)39-29(33-21)34-25(38)14-13-24-31-15-16-36(24)3/h5-9,12,15-17H,4,10-11,13-14H2,1-3H3,(H,30,32)(H,33,34,38). The summed E-state index contributed by atoms with van der Waals surface area (Å²) in [4.78, 5) is 27.5. The normalized spacial score (nSPS) is 12.2. The molecular formula is C29H30N8OS. The minimum atomic E-state index is -0.0655. The molecule has 39 heavy (non-hydrogen) atoms. The molecule has 5 aromatic rings. The lowest BCUT2D eigenvalue weighted by Crippen LogP contribution is -2.13. The van der Waals surface area contributed by atoms with E-state index in [4.69, 9.17) is 10.1 Å². The number of carbonyl (C=O) groups excluding carboxylic acids is 1. The molecule has 1 amide bonds. The van der Waals surface area contributed by atoms with Crippen molar-refractivity contribution < 1.29 is 4.79 Å². The molecule has 0 radical (unpaired) electrons. The lowest BCUT2D eigenvalue weighted by Gasteiger charge is -2.15. The fourth-order valence-electron chi connectivity index (χ4n) is 4.99. The summed E-state index contributed by atoms with van der Waals surface area (Å²) in [5.74, 6) is 1.67. The van der Waals surface area contributed by atoms with Crippen molar-refractivity contribution >= 4 is 28.2 Å². The molecule has 4 heterocycles. The third-order valence-corrected chi connectivity index (χ3v) is 8.01. The first-order valence-corrected chi connectivity index (χ1v) is 14.0. The van der Waals surface area contributed by atoms with Crippen LogP contribution in [-0.4, -0.2) is 41.8 Å². The number of hydrogen-bond donors (Lipinski definition) is 2. The van der Waals surface area contributed by atoms with Gasteiger partial charge in [0.2, 0.25) is 5.91 Å². The summed E-state index contributed by atoms with van der Waals surface area (Å²) < 4.78 is 3.98. The molecule has 9 nitrogen and oxygen atoms in total. The van der Waals surface area contributed by atoms with Gasteiger partial charge in [-0.25, -0.2) is 19.6 Å². The maximum atomic E-state index is 12.8. The molecule has 4 aromatic heterocycles. The Morgan fingerprint density at radius 3 is 2.74 bits per heavy atom. The largest absolute Gasteiger partial charge is 0.370 e. The number of aromatic nitrogens is 6. The number of benzene rings is 1. The van der Waals surface area contributed by atoms with Gasteiger partial charge in [-0.05, 0) is 50.5 Å². The topological polar surface area (TPSA) is 103 Å². The molecule has 0 spiro atoms. The number of anilines is 2. The van der Waals surface area contributed by atoms with Crippen molar-refractivity contribution in [1.29, 1.82) is 0 Å². The zero-order chi connectivity index (χ0) is 26.9. The molecule has 2 N–H and O–H groups in total. The minimum Gasteiger partial charge on any atom is -0.370 e. The predicted octanol–water partition coefficient (Wildman–Crippen LogP) is 5.20. The average molecular weight is 539 g/mol. The number of rotatable bonds is 8. The third-order valence-electron chi connectivity index (χ3n) is 6.99. The number of carbonyl (C=O) groups is 1. The van der Waals surface area contributed by atoms with Crippen LogP contribution in [0.1, 0.15) is 36.0 Å². The number of para-hydroxylation sites is 1. The van der Waals surface area contributed by atoms with Crippen molar-refractivity contribution in [2.45, 2.75) is 39.5 Å². The Balaban J connectivity index is 1.36. The number of fused-ring (bicyclic) bond motifs is 3. The van der Waals surface area contributed by atoms with Gasteiger partial charge in [0.1, 0.15) is 11.6 Å². The molecule has 0 bridgehead atoms. The van der Waals surface area contributed by atoms with E-state index in [-0.39, 0.29) is 5.91 Å². The number of thiazole rings is 1. The molecule has 0 unspecified atom stereocenters. The molecular weight excluding hydrogens is 508 g/mol. The van der Waals surface area contributed by atoms with Crippen molar-refractivity contribution in [1.82, 2.24) is 29.3 Å². The molecule has 0 aliphatic heterocycles. The van der Waals surface area contributed by atoms with Crippen molar-refractivity contribution in [3.63, 3.8) is 0 Å². The molecule has 198 valence electrons. The van der Waals surface area contributed by atoms with Gasteiger partial charge in [-0.15, -0.1) is 0 Å². The van der Waals surface area contributed by atoms with Crippen molar-refractivity contribution in [3.8, 4) is 27.5 Å². The summed E-state index contributed by atoms with van der Waals surface area (Å²) in [6.07, 6.45) is 8.05. The Kier molecular flexibility index (Phi) is 6.70. The van der Waals surface area contributed by atoms with Gasteiger partial charge in [-0.2, -0.15) is 5.10 Å². The third kappa shape index (κ3) is 4.83. The first-order valence-electron chi connectivity index (χ1n) is 13.2. The van der Waals surface area contributed by atoms with Crippen LogP contribution in [-0.2, 0) is 31.1 Å². The van der Waals surface area contributed by atoms with E-state index in [1.807, 2.05) is 46.9 Å². The number of aryl methyl sites for hydroxylation is 4. The average Bonchev–Trinajstić information content (AvgIpc) is 3.64. The zero-order valence-electron chi connectivity index (χ0n) is 22.2. The van der Waals surface area contributed by atoms with E-state index in [1.165, 1.54) is 16.9 Å². The number of pyridine rings is 1. The number of nitrogens with one attached hydrogen (secondary N) is 2. The Bertz CT molecular complexity index is 1650. The van der Waals surface area contributed by atoms with E-state index < -0.39 is 0 Å². The van der Waals surface area contributed by atoms with Gasteiger partial charge < -0.3 is 15.2 Å². The molecule has 1 aliphatic carbocycles. The molecule has 10 heteroatoms. The van der Waals surface area contributed by atoms with E-state index in [0.717, 1.165) is 69.8 Å². The smallest absolute Gasteiger partial charge is 0.226 e. The van der Waals surface area contributed by atoms with E-state index in [9.17, 15) is 4.79 Å². The highest BCUT2D eigenvalue weighted by Gasteiger charge is 2.30. The van der Waals surface area contributed by atoms with Gasteiger partial charge in [-0.1, -0.05) is 29.5 Å². The van der Waals surface area contributed by atoms with Crippen LogP contribution < -0.4 is 10.6 Å². The van der Waals surface area contributed by atoms with Crippen LogP contribution in [0.25, 0.3) is 27.5 Å². The zero-order valence-corrected chi connectivity index (χ0v) is 23.0. The highest BCUT2D eigenvalue weighted by atomic mass is 32.1. The van der Waals surface area contributed by atoms with Gasteiger partial charge in [0.15, 0.2) is 5.13 Å². The van der Waals surface area contributed by atoms with Crippen LogP contribution in [0.3, 0.4) is 0 Å². The van der Waals surface area contributed by atoms with Gasteiger partial charge in [0.05, 0.1) is 27.6 Å². The van der Waals surface area contributed by atoms with E-state index in [0.29, 0.717) is 18.0 Å². The van der Waals surface area contributed by atoms with E-state index >= 15 is 0 Å². The summed E-state index contributed by atoms with van der Waals surface area (Å²) >= 11 is 1.51. The second kappa shape index (κ2) is 10.5. The minimum absolute atomic E-state index is 0.0655. The van der Waals surface area contributed by atoms with Gasteiger partial charge in [0, 0.05) is 56.2 Å². The summed E-state index contributed by atoms with van der Waals surface area (Å²) in [7, 11) is 1.94. The molecule has 0 fully saturated rings.